The molecule has 0 saturated heterocycles. The van der Waals surface area contributed by atoms with Crippen LogP contribution in [0.5, 0.6) is 0 Å². The Morgan fingerprint density at radius 3 is 2.69 bits per heavy atom. The van der Waals surface area contributed by atoms with Crippen molar-refractivity contribution in [2.75, 3.05) is 12.9 Å². The third kappa shape index (κ3) is 5.30. The second-order valence-electron chi connectivity index (χ2n) is 2.28. The number of ether oxygens (including phenoxy) is 1. The quantitative estimate of drug-likeness (QED) is 0.310. The lowest BCUT2D eigenvalue weighted by Gasteiger charge is -2.03. The molecule has 4 nitrogen and oxygen atoms in total. The van der Waals surface area contributed by atoms with Gasteiger partial charge in [0, 0.05) is 11.3 Å². The highest BCUT2D eigenvalue weighted by molar-refractivity contribution is 8.13. The molecule has 0 heterocycles. The largest absolute Gasteiger partial charge is 0.466 e. The molecule has 0 fully saturated rings. The van der Waals surface area contributed by atoms with Crippen molar-refractivity contribution in [1.82, 2.24) is 0 Å². The van der Waals surface area contributed by atoms with Gasteiger partial charge in [-0.15, -0.1) is 0 Å². The van der Waals surface area contributed by atoms with Crippen LogP contribution in [0.3, 0.4) is 0 Å². The molecule has 5 heteroatoms. The Bertz CT molecular complexity index is 226. The number of hydrogen-bond donors (Lipinski definition) is 2. The predicted molar refractivity (Wildman–Crippen MR) is 54.8 cm³/mol. The Morgan fingerprint density at radius 1 is 1.69 bits per heavy atom. The summed E-state index contributed by atoms with van der Waals surface area (Å²) in [6.45, 7) is 1.93. The van der Waals surface area contributed by atoms with E-state index in [4.69, 9.17) is 11.1 Å². The topological polar surface area (TPSA) is 76.2 Å². The maximum atomic E-state index is 11.1. The van der Waals surface area contributed by atoms with E-state index in [1.165, 1.54) is 7.11 Å². The van der Waals surface area contributed by atoms with E-state index in [-0.39, 0.29) is 11.1 Å². The summed E-state index contributed by atoms with van der Waals surface area (Å²) < 4.78 is 4.57. The molecule has 0 aromatic rings. The molecule has 0 unspecified atom stereocenters. The SMILES string of the molecule is CC/C=C(\CSC(=N)N)C(=O)OC. The number of rotatable bonds is 4. The molecule has 0 aromatic carbocycles. The number of carbonyl (C=O) groups excluding carboxylic acids is 1. The Hall–Kier alpha value is -0.970. The molecule has 0 saturated carbocycles. The van der Waals surface area contributed by atoms with Crippen LogP contribution in [-0.2, 0) is 9.53 Å². The van der Waals surface area contributed by atoms with E-state index in [9.17, 15) is 4.79 Å². The summed E-state index contributed by atoms with van der Waals surface area (Å²) in [4.78, 5) is 11.1. The first-order valence-corrected chi connectivity index (χ1v) is 4.84. The summed E-state index contributed by atoms with van der Waals surface area (Å²) in [5.41, 5.74) is 5.71. The standard InChI is InChI=1S/C8H14N2O2S/c1-3-4-6(7(11)12-2)5-13-8(9)10/h4H,3,5H2,1-2H3,(H3,9,10)/b6-4+. The van der Waals surface area contributed by atoms with Crippen LogP contribution in [0.4, 0.5) is 0 Å². The molecule has 0 spiro atoms. The lowest BCUT2D eigenvalue weighted by atomic mass is 10.2. The van der Waals surface area contributed by atoms with Crippen LogP contribution in [0.25, 0.3) is 0 Å². The van der Waals surface area contributed by atoms with Crippen LogP contribution in [0, 0.1) is 5.41 Å². The molecule has 0 aliphatic rings. The van der Waals surface area contributed by atoms with Crippen LogP contribution in [0.2, 0.25) is 0 Å². The fourth-order valence-electron chi connectivity index (χ4n) is 0.734. The van der Waals surface area contributed by atoms with Gasteiger partial charge in [-0.2, -0.15) is 0 Å². The summed E-state index contributed by atoms with van der Waals surface area (Å²) in [5.74, 6) is 0.0474. The number of hydrogen-bond acceptors (Lipinski definition) is 4. The van der Waals surface area contributed by atoms with E-state index in [0.29, 0.717) is 11.3 Å². The van der Waals surface area contributed by atoms with Gasteiger partial charge >= 0.3 is 5.97 Å². The van der Waals surface area contributed by atoms with Gasteiger partial charge in [0.25, 0.3) is 0 Å². The van der Waals surface area contributed by atoms with Gasteiger partial charge in [-0.3, -0.25) is 5.41 Å². The summed E-state index contributed by atoms with van der Waals surface area (Å²) in [7, 11) is 1.34. The average Bonchev–Trinajstić information content (AvgIpc) is 2.10. The highest BCUT2D eigenvalue weighted by atomic mass is 32.2. The van der Waals surface area contributed by atoms with Gasteiger partial charge in [-0.1, -0.05) is 24.8 Å². The summed E-state index contributed by atoms with van der Waals surface area (Å²) in [5, 5.41) is 6.98. The lowest BCUT2D eigenvalue weighted by Crippen LogP contribution is -2.11. The first-order valence-electron chi connectivity index (χ1n) is 3.86. The Balaban J connectivity index is 4.19. The maximum Gasteiger partial charge on any atom is 0.334 e. The second kappa shape index (κ2) is 6.54. The first kappa shape index (κ1) is 12.0. The Labute approximate surface area is 82.0 Å². The molecule has 13 heavy (non-hydrogen) atoms. The van der Waals surface area contributed by atoms with Gasteiger partial charge in [0.15, 0.2) is 5.17 Å². The van der Waals surface area contributed by atoms with Gasteiger partial charge < -0.3 is 10.5 Å². The number of amidine groups is 1. The Morgan fingerprint density at radius 2 is 2.31 bits per heavy atom. The molecule has 0 radical (unpaired) electrons. The van der Waals surface area contributed by atoms with E-state index in [1.54, 1.807) is 6.08 Å². The van der Waals surface area contributed by atoms with Gasteiger partial charge in [0.2, 0.25) is 0 Å². The molecule has 3 N–H and O–H groups in total. The lowest BCUT2D eigenvalue weighted by molar-refractivity contribution is -0.135. The molecular formula is C8H14N2O2S. The maximum absolute atomic E-state index is 11.1. The van der Waals surface area contributed by atoms with Crippen LogP contribution in [0.15, 0.2) is 11.6 Å². The minimum atomic E-state index is -0.351. The van der Waals surface area contributed by atoms with Crippen molar-refractivity contribution in [2.24, 2.45) is 5.73 Å². The monoisotopic (exact) mass is 202 g/mol. The van der Waals surface area contributed by atoms with Gasteiger partial charge in [-0.25, -0.2) is 4.79 Å². The molecule has 0 amide bonds. The second-order valence-corrected chi connectivity index (χ2v) is 3.30. The van der Waals surface area contributed by atoms with E-state index >= 15 is 0 Å². The highest BCUT2D eigenvalue weighted by Crippen LogP contribution is 2.09. The van der Waals surface area contributed by atoms with Gasteiger partial charge in [-0.05, 0) is 6.42 Å². The summed E-state index contributed by atoms with van der Waals surface area (Å²) in [6.07, 6.45) is 2.55. The van der Waals surface area contributed by atoms with Gasteiger partial charge in [0.05, 0.1) is 7.11 Å². The highest BCUT2D eigenvalue weighted by Gasteiger charge is 2.09. The third-order valence-electron chi connectivity index (χ3n) is 1.28. The predicted octanol–water partition coefficient (Wildman–Crippen LogP) is 1.12. The Kier molecular flexibility index (Phi) is 6.05. The van der Waals surface area contributed by atoms with Crippen LogP contribution in [-0.4, -0.2) is 24.0 Å². The van der Waals surface area contributed by atoms with Crippen molar-refractivity contribution in [3.63, 3.8) is 0 Å². The first-order chi connectivity index (χ1) is 6.11. The number of thioether (sulfide) groups is 1. The van der Waals surface area contributed by atoms with E-state index < -0.39 is 0 Å². The molecule has 0 bridgehead atoms. The number of esters is 1. The molecule has 0 atom stereocenters. The van der Waals surface area contributed by atoms with E-state index in [2.05, 4.69) is 4.74 Å². The molecule has 0 aromatic heterocycles. The third-order valence-corrected chi connectivity index (χ3v) is 2.05. The number of nitrogens with one attached hydrogen (secondary N) is 1. The van der Waals surface area contributed by atoms with Crippen molar-refractivity contribution in [3.8, 4) is 0 Å². The number of allylic oxidation sites excluding steroid dienone is 1. The zero-order valence-corrected chi connectivity index (χ0v) is 8.61. The molecular weight excluding hydrogens is 188 g/mol. The molecule has 0 rings (SSSR count). The molecule has 0 aliphatic heterocycles. The number of carbonyl (C=O) groups is 1. The van der Waals surface area contributed by atoms with Crippen molar-refractivity contribution < 1.29 is 9.53 Å². The normalized spacial score (nSPS) is 11.1. The van der Waals surface area contributed by atoms with E-state index in [0.717, 1.165) is 18.2 Å². The number of nitrogens with two attached hydrogens (primary N) is 1. The van der Waals surface area contributed by atoms with E-state index in [1.807, 2.05) is 6.92 Å². The zero-order valence-electron chi connectivity index (χ0n) is 7.79. The molecule has 74 valence electrons. The molecule has 0 aliphatic carbocycles. The minimum absolute atomic E-state index is 0.00547. The van der Waals surface area contributed by atoms with Crippen LogP contribution < -0.4 is 5.73 Å². The summed E-state index contributed by atoms with van der Waals surface area (Å²) in [6, 6.07) is 0. The van der Waals surface area contributed by atoms with Crippen molar-refractivity contribution in [3.05, 3.63) is 11.6 Å². The fourth-order valence-corrected chi connectivity index (χ4v) is 1.28. The van der Waals surface area contributed by atoms with Crippen molar-refractivity contribution in [2.45, 2.75) is 13.3 Å². The smallest absolute Gasteiger partial charge is 0.334 e. The average molecular weight is 202 g/mol. The van der Waals surface area contributed by atoms with Crippen molar-refractivity contribution in [1.29, 1.82) is 5.41 Å². The van der Waals surface area contributed by atoms with Crippen molar-refractivity contribution >= 4 is 22.9 Å². The summed E-state index contributed by atoms with van der Waals surface area (Å²) >= 11 is 1.11. The van der Waals surface area contributed by atoms with Gasteiger partial charge in [0.1, 0.15) is 0 Å². The fraction of sp³-hybridized carbons (Fsp3) is 0.500. The number of methoxy groups -OCH3 is 1. The minimum Gasteiger partial charge on any atom is -0.466 e. The van der Waals surface area contributed by atoms with Crippen LogP contribution in [0.1, 0.15) is 13.3 Å². The van der Waals surface area contributed by atoms with Crippen LogP contribution >= 0.6 is 11.8 Å². The zero-order chi connectivity index (χ0) is 10.3.